The molecular weight excluding hydrogens is 288 g/mol. The fourth-order valence-corrected chi connectivity index (χ4v) is 2.40. The molecule has 0 aliphatic heterocycles. The van der Waals surface area contributed by atoms with Gasteiger partial charge in [0.25, 0.3) is 5.69 Å². The Labute approximate surface area is 126 Å². The lowest BCUT2D eigenvalue weighted by atomic mass is 10.1. The molecule has 2 rings (SSSR count). The summed E-state index contributed by atoms with van der Waals surface area (Å²) in [5.41, 5.74) is 5.35. The van der Waals surface area contributed by atoms with Crippen LogP contribution in [0.25, 0.3) is 0 Å². The second-order valence-electron chi connectivity index (χ2n) is 5.22. The van der Waals surface area contributed by atoms with Crippen molar-refractivity contribution in [3.05, 3.63) is 49.6 Å². The number of nitrogens with one attached hydrogen (secondary N) is 1. The number of hydrogen-bond acceptors (Lipinski definition) is 6. The molecule has 0 radical (unpaired) electrons. The van der Waals surface area contributed by atoms with Crippen LogP contribution in [0.15, 0.2) is 34.4 Å². The Morgan fingerprint density at radius 3 is 2.50 bits per heavy atom. The van der Waals surface area contributed by atoms with E-state index in [1.807, 2.05) is 13.8 Å². The van der Waals surface area contributed by atoms with E-state index in [-0.39, 0.29) is 17.1 Å². The number of non-ortho nitro benzene ring substituents is 1. The summed E-state index contributed by atoms with van der Waals surface area (Å²) in [5, 5.41) is 26.0. The van der Waals surface area contributed by atoms with Gasteiger partial charge in [0.15, 0.2) is 0 Å². The number of nitrogens with zero attached hydrogens (tertiary/aromatic N) is 3. The van der Waals surface area contributed by atoms with Crippen LogP contribution < -0.4 is 5.43 Å². The van der Waals surface area contributed by atoms with Gasteiger partial charge in [0.05, 0.1) is 21.6 Å². The van der Waals surface area contributed by atoms with E-state index in [1.165, 1.54) is 17.7 Å². The van der Waals surface area contributed by atoms with Crippen molar-refractivity contribution in [2.24, 2.45) is 5.10 Å². The molecule has 0 amide bonds. The summed E-state index contributed by atoms with van der Waals surface area (Å²) in [6.45, 7) is 4.01. The number of benzene rings is 1. The summed E-state index contributed by atoms with van der Waals surface area (Å²) in [4.78, 5) is 20.4. The molecule has 1 saturated carbocycles. The first-order valence-corrected chi connectivity index (χ1v) is 6.82. The van der Waals surface area contributed by atoms with Crippen molar-refractivity contribution in [3.63, 3.8) is 0 Å². The summed E-state index contributed by atoms with van der Waals surface area (Å²) in [5.74, 6) is 0. The maximum atomic E-state index is 11.1. The highest BCUT2D eigenvalue weighted by atomic mass is 16.6. The average Bonchev–Trinajstić information content (AvgIpc) is 2.93. The van der Waals surface area contributed by atoms with Crippen molar-refractivity contribution in [1.82, 2.24) is 0 Å². The number of hydrogen-bond donors (Lipinski definition) is 1. The van der Waals surface area contributed by atoms with Crippen molar-refractivity contribution in [3.8, 4) is 0 Å². The van der Waals surface area contributed by atoms with E-state index in [9.17, 15) is 20.2 Å². The number of hydrazone groups is 1. The minimum absolute atomic E-state index is 0.142. The molecule has 0 aromatic heterocycles. The van der Waals surface area contributed by atoms with E-state index in [4.69, 9.17) is 0 Å². The van der Waals surface area contributed by atoms with Crippen LogP contribution in [-0.2, 0) is 0 Å². The molecule has 1 aromatic carbocycles. The molecular formula is C14H16N4O4. The van der Waals surface area contributed by atoms with Gasteiger partial charge in [-0.3, -0.25) is 25.7 Å². The van der Waals surface area contributed by atoms with Crippen molar-refractivity contribution < 1.29 is 9.85 Å². The van der Waals surface area contributed by atoms with Gasteiger partial charge in [0.2, 0.25) is 0 Å². The van der Waals surface area contributed by atoms with Gasteiger partial charge >= 0.3 is 5.69 Å². The smallest absolute Gasteiger partial charge is 0.271 e. The Morgan fingerprint density at radius 1 is 1.18 bits per heavy atom. The summed E-state index contributed by atoms with van der Waals surface area (Å²) < 4.78 is 0. The van der Waals surface area contributed by atoms with Crippen molar-refractivity contribution >= 4 is 22.8 Å². The molecule has 0 bridgehead atoms. The summed E-state index contributed by atoms with van der Waals surface area (Å²) in [6, 6.07) is 3.45. The quantitative estimate of drug-likeness (QED) is 0.672. The third kappa shape index (κ3) is 3.27. The van der Waals surface area contributed by atoms with Gasteiger partial charge in [0, 0.05) is 6.07 Å². The number of nitro benzene ring substituents is 2. The number of allylic oxidation sites excluding steroid dienone is 2. The first-order valence-electron chi connectivity index (χ1n) is 6.82. The van der Waals surface area contributed by atoms with Crippen LogP contribution in [0, 0.1) is 20.2 Å². The highest BCUT2D eigenvalue weighted by Crippen LogP contribution is 2.30. The van der Waals surface area contributed by atoms with Gasteiger partial charge < -0.3 is 0 Å². The van der Waals surface area contributed by atoms with Gasteiger partial charge in [-0.2, -0.15) is 5.10 Å². The predicted octanol–water partition coefficient (Wildman–Crippen LogP) is 3.79. The molecule has 0 heterocycles. The van der Waals surface area contributed by atoms with Crippen LogP contribution in [-0.4, -0.2) is 15.6 Å². The summed E-state index contributed by atoms with van der Waals surface area (Å²) in [6.07, 6.45) is 2.77. The number of nitro groups is 2. The van der Waals surface area contributed by atoms with Crippen LogP contribution in [0.2, 0.25) is 0 Å². The Morgan fingerprint density at radius 2 is 1.91 bits per heavy atom. The topological polar surface area (TPSA) is 111 Å². The standard InChI is InChI=1S/C14H16N4O4/c1-9(2)11-4-3-5-12(11)15-16-13-7-6-10(17(19)20)8-14(13)18(21)22/h6-8,16H,3-5H2,1-2H3/b15-12-. The molecule has 1 aromatic rings. The van der Waals surface area contributed by atoms with Crippen molar-refractivity contribution in [2.75, 3.05) is 5.43 Å². The minimum atomic E-state index is -0.666. The fraction of sp³-hybridized carbons (Fsp3) is 0.357. The third-order valence-corrected chi connectivity index (χ3v) is 3.49. The monoisotopic (exact) mass is 304 g/mol. The maximum absolute atomic E-state index is 11.1. The molecule has 0 spiro atoms. The highest BCUT2D eigenvalue weighted by molar-refractivity contribution is 6.03. The molecule has 0 unspecified atom stereocenters. The van der Waals surface area contributed by atoms with Gasteiger partial charge in [0.1, 0.15) is 5.69 Å². The van der Waals surface area contributed by atoms with Crippen LogP contribution in [0.3, 0.4) is 0 Å². The highest BCUT2D eigenvalue weighted by Gasteiger charge is 2.20. The SMILES string of the molecule is CC(C)=C1CCC/C1=N/Nc1ccc([N+](=O)[O-])cc1[N+](=O)[O-]. The Balaban J connectivity index is 2.32. The van der Waals surface area contributed by atoms with Crippen molar-refractivity contribution in [1.29, 1.82) is 0 Å². The molecule has 116 valence electrons. The third-order valence-electron chi connectivity index (χ3n) is 3.49. The average molecular weight is 304 g/mol. The predicted molar refractivity (Wildman–Crippen MR) is 83.0 cm³/mol. The van der Waals surface area contributed by atoms with Gasteiger partial charge in [-0.25, -0.2) is 0 Å². The largest absolute Gasteiger partial charge is 0.301 e. The molecule has 22 heavy (non-hydrogen) atoms. The number of anilines is 1. The van der Waals surface area contributed by atoms with E-state index in [1.54, 1.807) is 0 Å². The maximum Gasteiger partial charge on any atom is 0.301 e. The Hall–Kier alpha value is -2.77. The zero-order chi connectivity index (χ0) is 16.3. The first kappa shape index (κ1) is 15.6. The van der Waals surface area contributed by atoms with E-state index in [0.717, 1.165) is 36.6 Å². The molecule has 0 saturated heterocycles. The lowest BCUT2D eigenvalue weighted by Gasteiger charge is -2.05. The van der Waals surface area contributed by atoms with Crippen LogP contribution >= 0.6 is 0 Å². The molecule has 8 heteroatoms. The summed E-state index contributed by atoms with van der Waals surface area (Å²) in [7, 11) is 0. The first-order chi connectivity index (χ1) is 10.4. The summed E-state index contributed by atoms with van der Waals surface area (Å²) >= 11 is 0. The van der Waals surface area contributed by atoms with Crippen LogP contribution in [0.5, 0.6) is 0 Å². The molecule has 1 aliphatic rings. The van der Waals surface area contributed by atoms with Crippen LogP contribution in [0.4, 0.5) is 17.1 Å². The van der Waals surface area contributed by atoms with Gasteiger partial charge in [-0.05, 0) is 44.7 Å². The van der Waals surface area contributed by atoms with E-state index < -0.39 is 9.85 Å². The van der Waals surface area contributed by atoms with E-state index >= 15 is 0 Å². The van der Waals surface area contributed by atoms with Gasteiger partial charge in [-0.1, -0.05) is 5.57 Å². The molecule has 1 fully saturated rings. The van der Waals surface area contributed by atoms with Crippen molar-refractivity contribution in [2.45, 2.75) is 33.1 Å². The number of rotatable bonds is 4. The lowest BCUT2D eigenvalue weighted by Crippen LogP contribution is -2.03. The van der Waals surface area contributed by atoms with Gasteiger partial charge in [-0.15, -0.1) is 0 Å². The Kier molecular flexibility index (Phi) is 4.50. The van der Waals surface area contributed by atoms with Crippen LogP contribution in [0.1, 0.15) is 33.1 Å². The Bertz CT molecular complexity index is 690. The minimum Gasteiger partial charge on any atom is -0.271 e. The molecule has 8 nitrogen and oxygen atoms in total. The lowest BCUT2D eigenvalue weighted by molar-refractivity contribution is -0.393. The molecule has 1 N–H and O–H groups in total. The second-order valence-corrected chi connectivity index (χ2v) is 5.22. The molecule has 1 aliphatic carbocycles. The fourth-order valence-electron chi connectivity index (χ4n) is 2.40. The van der Waals surface area contributed by atoms with E-state index in [0.29, 0.717) is 0 Å². The zero-order valence-corrected chi connectivity index (χ0v) is 12.3. The normalized spacial score (nSPS) is 15.9. The second kappa shape index (κ2) is 6.33. The zero-order valence-electron chi connectivity index (χ0n) is 12.3. The molecule has 0 atom stereocenters. The van der Waals surface area contributed by atoms with E-state index in [2.05, 4.69) is 10.5 Å².